The molecule has 42 heavy (non-hydrogen) atoms. The Morgan fingerprint density at radius 1 is 0.810 bits per heavy atom. The highest BCUT2D eigenvalue weighted by Crippen LogP contribution is 2.38. The number of Topliss-reactive ketones (excluding diaryl/α,β-unsaturated/α-hetero) is 1. The molecule has 1 heterocycles. The molecule has 7 heteroatoms. The first-order chi connectivity index (χ1) is 19.8. The molecular weight excluding hydrogens is 537 g/mol. The molecule has 3 unspecified atom stereocenters. The lowest BCUT2D eigenvalue weighted by atomic mass is 9.80. The molecule has 1 amide bonds. The maximum absolute atomic E-state index is 13.9. The monoisotopic (exact) mass is 584 g/mol. The van der Waals surface area contributed by atoms with Crippen LogP contribution in [-0.4, -0.2) is 47.2 Å². The molecule has 2 aliphatic rings. The maximum Gasteiger partial charge on any atom is 0.416 e. The third-order valence-electron chi connectivity index (χ3n) is 9.26. The van der Waals surface area contributed by atoms with Crippen molar-refractivity contribution >= 4 is 11.7 Å². The molecule has 1 saturated heterocycles. The van der Waals surface area contributed by atoms with Crippen LogP contribution in [0, 0.1) is 17.3 Å². The predicted octanol–water partition coefficient (Wildman–Crippen LogP) is 8.31. The third-order valence-corrected chi connectivity index (χ3v) is 9.26. The van der Waals surface area contributed by atoms with Crippen molar-refractivity contribution in [2.45, 2.75) is 97.3 Å². The van der Waals surface area contributed by atoms with Gasteiger partial charge in [0.1, 0.15) is 5.78 Å². The highest BCUT2D eigenvalue weighted by atomic mass is 19.4. The lowest BCUT2D eigenvalue weighted by Crippen LogP contribution is -2.60. The number of carbonyl (C=O) groups excluding carboxylic acids is 2. The second kappa shape index (κ2) is 13.7. The summed E-state index contributed by atoms with van der Waals surface area (Å²) in [6.45, 7) is 10.0. The van der Waals surface area contributed by atoms with Crippen molar-refractivity contribution in [1.29, 1.82) is 0 Å². The number of alkyl halides is 3. The van der Waals surface area contributed by atoms with Crippen LogP contribution in [0.15, 0.2) is 54.6 Å². The van der Waals surface area contributed by atoms with Crippen molar-refractivity contribution < 1.29 is 22.8 Å². The van der Waals surface area contributed by atoms with Crippen LogP contribution in [0.25, 0.3) is 0 Å². The van der Waals surface area contributed by atoms with Gasteiger partial charge in [-0.1, -0.05) is 82.5 Å². The van der Waals surface area contributed by atoms with E-state index in [1.165, 1.54) is 12.1 Å². The SMILES string of the molecule is CC(=O)CC1CCCCC(CC(=O)N2CCN(C(c3ccccc3)c3ccc(C(F)(F)F)cc3)C[C@@H]2C(C)(C)C)CC1. The summed E-state index contributed by atoms with van der Waals surface area (Å²) in [6.07, 6.45) is 3.21. The molecule has 4 nitrogen and oxygen atoms in total. The third kappa shape index (κ3) is 8.46. The Balaban J connectivity index is 1.52. The van der Waals surface area contributed by atoms with Crippen molar-refractivity contribution in [1.82, 2.24) is 9.80 Å². The molecule has 0 spiro atoms. The van der Waals surface area contributed by atoms with E-state index in [0.29, 0.717) is 44.3 Å². The van der Waals surface area contributed by atoms with Crippen LogP contribution in [0.3, 0.4) is 0 Å². The van der Waals surface area contributed by atoms with E-state index in [2.05, 4.69) is 30.6 Å². The number of nitrogens with zero attached hydrogens (tertiary/aromatic N) is 2. The molecule has 1 aliphatic carbocycles. The Bertz CT molecular complexity index is 1170. The van der Waals surface area contributed by atoms with Gasteiger partial charge in [-0.25, -0.2) is 0 Å². The van der Waals surface area contributed by atoms with E-state index in [1.54, 1.807) is 19.1 Å². The minimum absolute atomic E-state index is 0.0292. The van der Waals surface area contributed by atoms with E-state index in [0.717, 1.165) is 49.7 Å². The van der Waals surface area contributed by atoms with Crippen LogP contribution in [0.5, 0.6) is 0 Å². The van der Waals surface area contributed by atoms with E-state index in [4.69, 9.17) is 0 Å². The van der Waals surface area contributed by atoms with Gasteiger partial charge in [0.05, 0.1) is 11.6 Å². The maximum atomic E-state index is 13.9. The fraction of sp³-hybridized carbons (Fsp3) is 0.600. The van der Waals surface area contributed by atoms with Crippen LogP contribution in [0.2, 0.25) is 0 Å². The predicted molar refractivity (Wildman–Crippen MR) is 161 cm³/mol. The lowest BCUT2D eigenvalue weighted by Gasteiger charge is -2.49. The number of rotatable bonds is 7. The molecule has 230 valence electrons. The number of benzene rings is 2. The van der Waals surface area contributed by atoms with Gasteiger partial charge in [0.15, 0.2) is 0 Å². The highest BCUT2D eigenvalue weighted by Gasteiger charge is 2.41. The number of amides is 1. The molecule has 1 saturated carbocycles. The summed E-state index contributed by atoms with van der Waals surface area (Å²) in [5.74, 6) is 1.24. The zero-order valence-corrected chi connectivity index (χ0v) is 25.6. The van der Waals surface area contributed by atoms with Crippen LogP contribution in [0.1, 0.15) is 102 Å². The Kier molecular flexibility index (Phi) is 10.6. The standard InChI is InChI=1S/C35H47F3N2O2/c1-25(41)22-26-10-8-9-11-27(15-14-26)23-32(42)40-21-20-39(24-31(40)34(2,3)4)33(28-12-6-5-7-13-28)29-16-18-30(19-17-29)35(36,37)38/h5-7,12-13,16-19,26-27,31,33H,8-11,14-15,20-24H2,1-4H3/t26?,27?,31-,33?/m1/s1. The molecule has 4 rings (SSSR count). The second-order valence-corrected chi connectivity index (χ2v) is 13.6. The minimum Gasteiger partial charge on any atom is -0.337 e. The van der Waals surface area contributed by atoms with Gasteiger partial charge in [0.25, 0.3) is 0 Å². The Morgan fingerprint density at radius 2 is 1.38 bits per heavy atom. The molecule has 0 N–H and O–H groups in total. The normalized spacial score (nSPS) is 23.6. The molecule has 0 aromatic heterocycles. The summed E-state index contributed by atoms with van der Waals surface area (Å²) in [6, 6.07) is 15.2. The number of ketones is 1. The summed E-state index contributed by atoms with van der Waals surface area (Å²) in [4.78, 5) is 30.0. The smallest absolute Gasteiger partial charge is 0.337 e. The Labute approximate surface area is 249 Å². The minimum atomic E-state index is -4.38. The average molecular weight is 585 g/mol. The molecule has 0 bridgehead atoms. The van der Waals surface area contributed by atoms with Gasteiger partial charge in [0, 0.05) is 38.5 Å². The molecule has 2 aromatic carbocycles. The fourth-order valence-corrected chi connectivity index (χ4v) is 6.99. The number of hydrogen-bond donors (Lipinski definition) is 0. The van der Waals surface area contributed by atoms with E-state index in [-0.39, 0.29) is 29.2 Å². The lowest BCUT2D eigenvalue weighted by molar-refractivity contribution is -0.141. The number of piperazine rings is 1. The first kappa shape index (κ1) is 32.2. The van der Waals surface area contributed by atoms with Gasteiger partial charge in [-0.2, -0.15) is 13.2 Å². The van der Waals surface area contributed by atoms with E-state index in [1.807, 2.05) is 30.3 Å². The van der Waals surface area contributed by atoms with Crippen LogP contribution in [0.4, 0.5) is 13.2 Å². The Hall–Kier alpha value is -2.67. The van der Waals surface area contributed by atoms with Gasteiger partial charge in [-0.15, -0.1) is 0 Å². The summed E-state index contributed by atoms with van der Waals surface area (Å²) in [5.41, 5.74) is 1.02. The van der Waals surface area contributed by atoms with E-state index in [9.17, 15) is 22.8 Å². The van der Waals surface area contributed by atoms with Crippen molar-refractivity contribution in [2.24, 2.45) is 17.3 Å². The number of hydrogen-bond acceptors (Lipinski definition) is 3. The van der Waals surface area contributed by atoms with Crippen LogP contribution >= 0.6 is 0 Å². The van der Waals surface area contributed by atoms with Gasteiger partial charge in [0.2, 0.25) is 5.91 Å². The molecule has 2 fully saturated rings. The summed E-state index contributed by atoms with van der Waals surface area (Å²) < 4.78 is 40.0. The first-order valence-corrected chi connectivity index (χ1v) is 15.6. The average Bonchev–Trinajstić information content (AvgIpc) is 2.92. The van der Waals surface area contributed by atoms with Gasteiger partial charge in [-0.3, -0.25) is 9.69 Å². The molecule has 0 radical (unpaired) electrons. The molecule has 4 atom stereocenters. The molecule has 2 aromatic rings. The molecule has 1 aliphatic heterocycles. The van der Waals surface area contributed by atoms with Crippen molar-refractivity contribution in [2.75, 3.05) is 19.6 Å². The van der Waals surface area contributed by atoms with Crippen LogP contribution < -0.4 is 0 Å². The summed E-state index contributed by atoms with van der Waals surface area (Å²) in [7, 11) is 0. The number of carbonyl (C=O) groups is 2. The zero-order chi connectivity index (χ0) is 30.5. The van der Waals surface area contributed by atoms with Gasteiger partial charge >= 0.3 is 6.18 Å². The zero-order valence-electron chi connectivity index (χ0n) is 25.6. The summed E-state index contributed by atoms with van der Waals surface area (Å²) in [5, 5.41) is 0. The van der Waals surface area contributed by atoms with Gasteiger partial charge in [-0.05, 0) is 66.7 Å². The largest absolute Gasteiger partial charge is 0.416 e. The molecular formula is C35H47F3N2O2. The fourth-order valence-electron chi connectivity index (χ4n) is 6.99. The van der Waals surface area contributed by atoms with Crippen molar-refractivity contribution in [3.8, 4) is 0 Å². The second-order valence-electron chi connectivity index (χ2n) is 13.6. The van der Waals surface area contributed by atoms with Crippen LogP contribution in [-0.2, 0) is 15.8 Å². The first-order valence-electron chi connectivity index (χ1n) is 15.6. The number of halogens is 3. The highest BCUT2D eigenvalue weighted by molar-refractivity contribution is 5.77. The van der Waals surface area contributed by atoms with Crippen molar-refractivity contribution in [3.05, 3.63) is 71.3 Å². The van der Waals surface area contributed by atoms with E-state index < -0.39 is 11.7 Å². The van der Waals surface area contributed by atoms with Crippen molar-refractivity contribution in [3.63, 3.8) is 0 Å². The van der Waals surface area contributed by atoms with E-state index >= 15 is 0 Å². The topological polar surface area (TPSA) is 40.6 Å². The quantitative estimate of drug-likeness (QED) is 0.329. The Morgan fingerprint density at radius 3 is 1.93 bits per heavy atom. The van der Waals surface area contributed by atoms with Gasteiger partial charge < -0.3 is 9.69 Å². The summed E-state index contributed by atoms with van der Waals surface area (Å²) >= 11 is 0.